The molecule has 3 saturated heterocycles. The summed E-state index contributed by atoms with van der Waals surface area (Å²) in [5, 5.41) is 3.74. The van der Waals surface area contributed by atoms with E-state index in [9.17, 15) is 4.79 Å². The van der Waals surface area contributed by atoms with Gasteiger partial charge in [0, 0.05) is 12.5 Å². The Bertz CT molecular complexity index is 770. The third kappa shape index (κ3) is 3.58. The molecule has 0 amide bonds. The minimum Gasteiger partial charge on any atom is -0.466 e. The van der Waals surface area contributed by atoms with Crippen molar-refractivity contribution in [3.8, 4) is 0 Å². The van der Waals surface area contributed by atoms with Crippen molar-refractivity contribution in [3.05, 3.63) is 12.2 Å². The average molecular weight is 432 g/mol. The van der Waals surface area contributed by atoms with Gasteiger partial charge in [0.2, 0.25) is 0 Å². The predicted octanol–water partition coefficient (Wildman–Crippen LogP) is 3.49. The summed E-state index contributed by atoms with van der Waals surface area (Å²) < 4.78 is 18.8. The van der Waals surface area contributed by atoms with Crippen LogP contribution in [0.1, 0.15) is 78.6 Å². The van der Waals surface area contributed by atoms with E-state index in [0.717, 1.165) is 63.7 Å². The lowest BCUT2D eigenvalue weighted by Crippen LogP contribution is -2.71. The molecule has 0 aromatic heterocycles. The van der Waals surface area contributed by atoms with Crippen LogP contribution in [0.5, 0.6) is 0 Å². The van der Waals surface area contributed by atoms with Crippen molar-refractivity contribution in [1.82, 2.24) is 10.2 Å². The molecule has 7 heteroatoms. The van der Waals surface area contributed by atoms with Gasteiger partial charge in [-0.25, -0.2) is 4.99 Å². The van der Waals surface area contributed by atoms with E-state index in [2.05, 4.69) is 36.2 Å². The SMILES string of the molecule is CCOC(=O)C1C2CCC3CC4(CCC=CC(CC)O4)NC(=NC14CCCC(C)O4)N32. The Balaban J connectivity index is 1.54. The standard InChI is InChI=1S/C24H37N3O4/c1-4-18-10-6-7-13-23(31-18)15-17-11-12-19-20(21(28)29-5-2)24(14-8-9-16(3)30-24)26-22(25-23)27(17)19/h6,10,16-20H,4-5,7-9,11-15H2,1-3H3,(H,25,26). The number of rotatable bonds is 3. The topological polar surface area (TPSA) is 72.4 Å². The largest absolute Gasteiger partial charge is 0.466 e. The summed E-state index contributed by atoms with van der Waals surface area (Å²) in [6, 6.07) is 0.397. The van der Waals surface area contributed by atoms with Crippen molar-refractivity contribution >= 4 is 11.9 Å². The van der Waals surface area contributed by atoms with E-state index in [-0.39, 0.29) is 30.1 Å². The van der Waals surface area contributed by atoms with Gasteiger partial charge in [0.15, 0.2) is 11.7 Å². The van der Waals surface area contributed by atoms with E-state index in [1.54, 1.807) is 0 Å². The number of guanidine groups is 1. The van der Waals surface area contributed by atoms with Gasteiger partial charge in [-0.2, -0.15) is 0 Å². The van der Waals surface area contributed by atoms with Gasteiger partial charge in [-0.15, -0.1) is 0 Å². The first-order chi connectivity index (χ1) is 15.0. The highest BCUT2D eigenvalue weighted by molar-refractivity contribution is 5.87. The molecule has 0 radical (unpaired) electrons. The summed E-state index contributed by atoms with van der Waals surface area (Å²) in [6.45, 7) is 6.52. The molecule has 31 heavy (non-hydrogen) atoms. The van der Waals surface area contributed by atoms with Gasteiger partial charge in [0.25, 0.3) is 0 Å². The Morgan fingerprint density at radius 2 is 2.16 bits per heavy atom. The molecular weight excluding hydrogens is 394 g/mol. The van der Waals surface area contributed by atoms with Gasteiger partial charge in [0.05, 0.1) is 24.9 Å². The number of esters is 1. The second kappa shape index (κ2) is 8.07. The summed E-state index contributed by atoms with van der Waals surface area (Å²) in [5.41, 5.74) is -1.24. The van der Waals surface area contributed by atoms with Crippen LogP contribution in [0.15, 0.2) is 17.1 Å². The summed E-state index contributed by atoms with van der Waals surface area (Å²) in [6.07, 6.45) is 13.2. The van der Waals surface area contributed by atoms with Gasteiger partial charge < -0.3 is 24.4 Å². The van der Waals surface area contributed by atoms with E-state index in [4.69, 9.17) is 19.2 Å². The average Bonchev–Trinajstić information content (AvgIpc) is 3.03. The van der Waals surface area contributed by atoms with E-state index >= 15 is 0 Å². The highest BCUT2D eigenvalue weighted by Gasteiger charge is 2.61. The normalized spacial score (nSPS) is 43.9. The summed E-state index contributed by atoms with van der Waals surface area (Å²) in [7, 11) is 0. The van der Waals surface area contributed by atoms with Crippen molar-refractivity contribution in [2.45, 2.75) is 114 Å². The third-order valence-electron chi connectivity index (χ3n) is 7.80. The molecule has 3 fully saturated rings. The zero-order valence-corrected chi connectivity index (χ0v) is 19.1. The van der Waals surface area contributed by atoms with E-state index < -0.39 is 11.4 Å². The second-order valence-corrected chi connectivity index (χ2v) is 9.89. The smallest absolute Gasteiger partial charge is 0.316 e. The molecule has 0 saturated carbocycles. The van der Waals surface area contributed by atoms with Crippen LogP contribution in [0.2, 0.25) is 0 Å². The quantitative estimate of drug-likeness (QED) is 0.545. The number of hydrogen-bond donors (Lipinski definition) is 1. The molecule has 2 spiro atoms. The van der Waals surface area contributed by atoms with Crippen LogP contribution in [0, 0.1) is 5.92 Å². The first kappa shape index (κ1) is 21.3. The van der Waals surface area contributed by atoms with Gasteiger partial charge in [-0.05, 0) is 65.2 Å². The van der Waals surface area contributed by atoms with Crippen molar-refractivity contribution in [2.24, 2.45) is 10.9 Å². The molecule has 1 N–H and O–H groups in total. The Labute approximate surface area is 185 Å². The van der Waals surface area contributed by atoms with E-state index in [1.807, 2.05) is 6.92 Å². The summed E-state index contributed by atoms with van der Waals surface area (Å²) >= 11 is 0. The lowest BCUT2D eigenvalue weighted by molar-refractivity contribution is -0.193. The van der Waals surface area contributed by atoms with Crippen LogP contribution in [0.3, 0.4) is 0 Å². The lowest BCUT2D eigenvalue weighted by Gasteiger charge is -2.55. The fourth-order valence-electron chi connectivity index (χ4n) is 6.51. The van der Waals surface area contributed by atoms with Gasteiger partial charge in [-0.3, -0.25) is 4.79 Å². The predicted molar refractivity (Wildman–Crippen MR) is 117 cm³/mol. The minimum absolute atomic E-state index is 0.0672. The molecule has 5 rings (SSSR count). The molecule has 0 bridgehead atoms. The van der Waals surface area contributed by atoms with Crippen LogP contribution in [-0.4, -0.2) is 59.2 Å². The van der Waals surface area contributed by atoms with Gasteiger partial charge >= 0.3 is 5.97 Å². The molecule has 5 aliphatic heterocycles. The number of allylic oxidation sites excluding steroid dienone is 1. The summed E-state index contributed by atoms with van der Waals surface area (Å²) in [4.78, 5) is 20.8. The lowest BCUT2D eigenvalue weighted by atomic mass is 9.80. The Kier molecular flexibility index (Phi) is 5.53. The molecule has 0 aliphatic carbocycles. The Hall–Kier alpha value is -1.60. The number of carbonyl (C=O) groups is 1. The van der Waals surface area contributed by atoms with Crippen LogP contribution in [0.4, 0.5) is 0 Å². The molecule has 5 heterocycles. The molecule has 0 aromatic carbocycles. The number of carbonyl (C=O) groups excluding carboxylic acids is 1. The number of nitrogens with one attached hydrogen (secondary N) is 1. The van der Waals surface area contributed by atoms with Gasteiger partial charge in [-0.1, -0.05) is 19.1 Å². The molecular formula is C24H37N3O4. The number of nitrogens with zero attached hydrogens (tertiary/aromatic N) is 2. The fourth-order valence-corrected chi connectivity index (χ4v) is 6.51. The van der Waals surface area contributed by atoms with Crippen LogP contribution < -0.4 is 5.32 Å². The second-order valence-electron chi connectivity index (χ2n) is 9.89. The number of ether oxygens (including phenoxy) is 3. The molecule has 7 nitrogen and oxygen atoms in total. The van der Waals surface area contributed by atoms with Crippen molar-refractivity contribution < 1.29 is 19.0 Å². The summed E-state index contributed by atoms with van der Waals surface area (Å²) in [5.74, 6) is 0.330. The Morgan fingerprint density at radius 3 is 2.94 bits per heavy atom. The maximum absolute atomic E-state index is 13.2. The number of aliphatic imine (C=N–C) groups is 1. The van der Waals surface area contributed by atoms with Crippen molar-refractivity contribution in [2.75, 3.05) is 6.61 Å². The fraction of sp³-hybridized carbons (Fsp3) is 0.833. The van der Waals surface area contributed by atoms with Crippen molar-refractivity contribution in [3.63, 3.8) is 0 Å². The van der Waals surface area contributed by atoms with Crippen LogP contribution in [0.25, 0.3) is 0 Å². The molecule has 7 atom stereocenters. The van der Waals surface area contributed by atoms with E-state index in [1.165, 1.54) is 0 Å². The molecule has 5 aliphatic rings. The zero-order valence-electron chi connectivity index (χ0n) is 19.1. The highest BCUT2D eigenvalue weighted by atomic mass is 16.6. The van der Waals surface area contributed by atoms with E-state index in [0.29, 0.717) is 12.6 Å². The maximum Gasteiger partial charge on any atom is 0.316 e. The number of hydrogen-bond acceptors (Lipinski definition) is 7. The Morgan fingerprint density at radius 1 is 1.29 bits per heavy atom. The zero-order chi connectivity index (χ0) is 21.6. The van der Waals surface area contributed by atoms with Gasteiger partial charge in [0.1, 0.15) is 11.6 Å². The first-order valence-electron chi connectivity index (χ1n) is 12.3. The molecule has 172 valence electrons. The monoisotopic (exact) mass is 431 g/mol. The first-order valence-corrected chi connectivity index (χ1v) is 12.3. The third-order valence-corrected chi connectivity index (χ3v) is 7.80. The van der Waals surface area contributed by atoms with Crippen molar-refractivity contribution in [1.29, 1.82) is 0 Å². The highest BCUT2D eigenvalue weighted by Crippen LogP contribution is 2.49. The van der Waals surface area contributed by atoms with Crippen LogP contribution >= 0.6 is 0 Å². The maximum atomic E-state index is 13.2. The molecule has 0 aromatic rings. The van der Waals surface area contributed by atoms with Crippen LogP contribution in [-0.2, 0) is 19.0 Å². The molecule has 7 unspecified atom stereocenters. The minimum atomic E-state index is -0.839.